The van der Waals surface area contributed by atoms with E-state index < -0.39 is 0 Å². The topological polar surface area (TPSA) is 86.9 Å². The maximum absolute atomic E-state index is 11.7. The first-order valence-electron chi connectivity index (χ1n) is 5.01. The summed E-state index contributed by atoms with van der Waals surface area (Å²) in [4.78, 5) is 20.2. The third-order valence-corrected chi connectivity index (χ3v) is 2.65. The Balaban J connectivity index is 2.11. The van der Waals surface area contributed by atoms with E-state index in [9.17, 15) is 4.79 Å². The standard InChI is InChI=1S/C9H12N6O/c1-14-3-2-11-9(14)15-6-7(4-8(15)16)5-12-13-10/h2-3,7H,4-6H2,1H3. The minimum absolute atomic E-state index is 0.0347. The molecule has 0 radical (unpaired) electrons. The minimum Gasteiger partial charge on any atom is -0.320 e. The van der Waals surface area contributed by atoms with Crippen molar-refractivity contribution >= 4 is 11.9 Å². The number of imidazole rings is 1. The second-order valence-electron chi connectivity index (χ2n) is 3.83. The van der Waals surface area contributed by atoms with Crippen LogP contribution >= 0.6 is 0 Å². The van der Waals surface area contributed by atoms with Crippen LogP contribution in [0.25, 0.3) is 10.4 Å². The number of amides is 1. The number of rotatable bonds is 3. The van der Waals surface area contributed by atoms with Crippen LogP contribution in [0.3, 0.4) is 0 Å². The highest BCUT2D eigenvalue weighted by Crippen LogP contribution is 2.23. The van der Waals surface area contributed by atoms with Crippen LogP contribution in [0.2, 0.25) is 0 Å². The van der Waals surface area contributed by atoms with Gasteiger partial charge in [-0.05, 0) is 11.4 Å². The molecule has 1 saturated heterocycles. The number of aryl methyl sites for hydroxylation is 1. The zero-order valence-electron chi connectivity index (χ0n) is 8.94. The van der Waals surface area contributed by atoms with Gasteiger partial charge in [0.05, 0.1) is 0 Å². The van der Waals surface area contributed by atoms with Crippen LogP contribution in [0, 0.1) is 5.92 Å². The average Bonchev–Trinajstić information content (AvgIpc) is 2.82. The van der Waals surface area contributed by atoms with Gasteiger partial charge in [-0.3, -0.25) is 9.69 Å². The van der Waals surface area contributed by atoms with E-state index in [4.69, 9.17) is 5.53 Å². The van der Waals surface area contributed by atoms with Crippen molar-refractivity contribution in [3.63, 3.8) is 0 Å². The molecule has 1 unspecified atom stereocenters. The molecule has 2 rings (SSSR count). The predicted octanol–water partition coefficient (Wildman–Crippen LogP) is 1.08. The number of hydrogen-bond donors (Lipinski definition) is 0. The first-order valence-corrected chi connectivity index (χ1v) is 5.01. The van der Waals surface area contributed by atoms with Crippen LogP contribution in [0.15, 0.2) is 17.5 Å². The number of anilines is 1. The Morgan fingerprint density at radius 1 is 1.75 bits per heavy atom. The molecule has 1 amide bonds. The maximum Gasteiger partial charge on any atom is 0.229 e. The van der Waals surface area contributed by atoms with Gasteiger partial charge in [-0.25, -0.2) is 4.98 Å². The minimum atomic E-state index is 0.0347. The van der Waals surface area contributed by atoms with E-state index in [-0.39, 0.29) is 11.8 Å². The van der Waals surface area contributed by atoms with E-state index in [1.807, 2.05) is 7.05 Å². The van der Waals surface area contributed by atoms with E-state index in [0.717, 1.165) is 0 Å². The van der Waals surface area contributed by atoms with Gasteiger partial charge in [-0.1, -0.05) is 5.11 Å². The van der Waals surface area contributed by atoms with Crippen molar-refractivity contribution in [3.8, 4) is 0 Å². The number of nitrogens with zero attached hydrogens (tertiary/aromatic N) is 6. The van der Waals surface area contributed by atoms with Gasteiger partial charge in [0.1, 0.15) is 0 Å². The summed E-state index contributed by atoms with van der Waals surface area (Å²) in [6, 6.07) is 0. The van der Waals surface area contributed by atoms with Crippen molar-refractivity contribution in [1.29, 1.82) is 0 Å². The molecular weight excluding hydrogens is 208 g/mol. The summed E-state index contributed by atoms with van der Waals surface area (Å²) < 4.78 is 1.80. The van der Waals surface area contributed by atoms with E-state index in [0.29, 0.717) is 25.5 Å². The molecule has 1 aliphatic rings. The van der Waals surface area contributed by atoms with Gasteiger partial charge in [0.2, 0.25) is 11.9 Å². The summed E-state index contributed by atoms with van der Waals surface area (Å²) in [7, 11) is 1.84. The Morgan fingerprint density at radius 3 is 3.19 bits per heavy atom. The van der Waals surface area contributed by atoms with Gasteiger partial charge in [-0.15, -0.1) is 0 Å². The zero-order chi connectivity index (χ0) is 11.5. The highest BCUT2D eigenvalue weighted by Gasteiger charge is 2.31. The second kappa shape index (κ2) is 4.24. The first-order chi connectivity index (χ1) is 7.72. The number of carbonyl (C=O) groups is 1. The van der Waals surface area contributed by atoms with Gasteiger partial charge in [-0.2, -0.15) is 0 Å². The second-order valence-corrected chi connectivity index (χ2v) is 3.83. The van der Waals surface area contributed by atoms with Crippen LogP contribution in [-0.2, 0) is 11.8 Å². The molecule has 0 saturated carbocycles. The summed E-state index contributed by atoms with van der Waals surface area (Å²) in [5.41, 5.74) is 8.23. The highest BCUT2D eigenvalue weighted by atomic mass is 16.2. The lowest BCUT2D eigenvalue weighted by Gasteiger charge is -2.14. The third kappa shape index (κ3) is 1.85. The molecule has 0 aliphatic carbocycles. The largest absolute Gasteiger partial charge is 0.320 e. The zero-order valence-corrected chi connectivity index (χ0v) is 8.94. The number of carbonyl (C=O) groups excluding carboxylic acids is 1. The smallest absolute Gasteiger partial charge is 0.229 e. The fraction of sp³-hybridized carbons (Fsp3) is 0.556. The monoisotopic (exact) mass is 220 g/mol. The molecule has 0 aromatic carbocycles. The molecule has 1 aromatic rings. The first kappa shape index (κ1) is 10.5. The Bertz CT molecular complexity index is 447. The van der Waals surface area contributed by atoms with Gasteiger partial charge >= 0.3 is 0 Å². The molecular formula is C9H12N6O. The van der Waals surface area contributed by atoms with Crippen molar-refractivity contribution in [2.24, 2.45) is 18.1 Å². The number of aromatic nitrogens is 2. The molecule has 84 valence electrons. The van der Waals surface area contributed by atoms with Gasteiger partial charge in [0.25, 0.3) is 0 Å². The number of hydrogen-bond acceptors (Lipinski definition) is 3. The van der Waals surface area contributed by atoms with Crippen LogP contribution in [0.4, 0.5) is 5.95 Å². The Hall–Kier alpha value is -2.01. The SMILES string of the molecule is Cn1ccnc1N1CC(CN=[N+]=[N-])CC1=O. The molecule has 1 aromatic heterocycles. The Labute approximate surface area is 92.3 Å². The molecule has 7 nitrogen and oxygen atoms in total. The molecule has 2 heterocycles. The lowest BCUT2D eigenvalue weighted by Crippen LogP contribution is -2.27. The van der Waals surface area contributed by atoms with E-state index >= 15 is 0 Å². The summed E-state index contributed by atoms with van der Waals surface area (Å²) in [5.74, 6) is 0.779. The molecule has 0 spiro atoms. The lowest BCUT2D eigenvalue weighted by molar-refractivity contribution is -0.117. The van der Waals surface area contributed by atoms with Crippen molar-refractivity contribution < 1.29 is 4.79 Å². The molecule has 0 N–H and O–H groups in total. The van der Waals surface area contributed by atoms with Crippen molar-refractivity contribution in [1.82, 2.24) is 9.55 Å². The van der Waals surface area contributed by atoms with Gasteiger partial charge < -0.3 is 4.57 Å². The van der Waals surface area contributed by atoms with Gasteiger partial charge in [0.15, 0.2) is 0 Å². The summed E-state index contributed by atoms with van der Waals surface area (Å²) >= 11 is 0. The normalized spacial score (nSPS) is 19.9. The molecule has 16 heavy (non-hydrogen) atoms. The Kier molecular flexibility index (Phi) is 2.78. The van der Waals surface area contributed by atoms with E-state index in [1.165, 1.54) is 0 Å². The van der Waals surface area contributed by atoms with Crippen LogP contribution in [0.1, 0.15) is 6.42 Å². The van der Waals surface area contributed by atoms with E-state index in [2.05, 4.69) is 15.0 Å². The highest BCUT2D eigenvalue weighted by molar-refractivity contribution is 5.94. The van der Waals surface area contributed by atoms with Gasteiger partial charge in [0, 0.05) is 43.9 Å². The molecule has 1 atom stereocenters. The van der Waals surface area contributed by atoms with E-state index in [1.54, 1.807) is 21.9 Å². The van der Waals surface area contributed by atoms with Crippen molar-refractivity contribution in [2.45, 2.75) is 6.42 Å². The summed E-state index contributed by atoms with van der Waals surface area (Å²) in [6.45, 7) is 0.936. The fourth-order valence-corrected chi connectivity index (χ4v) is 1.87. The maximum atomic E-state index is 11.7. The van der Waals surface area contributed by atoms with Crippen molar-refractivity contribution in [3.05, 3.63) is 22.8 Å². The molecule has 7 heteroatoms. The molecule has 1 fully saturated rings. The summed E-state index contributed by atoms with van der Waals surface area (Å²) in [6.07, 6.45) is 3.87. The lowest BCUT2D eigenvalue weighted by atomic mass is 10.1. The predicted molar refractivity (Wildman–Crippen MR) is 57.7 cm³/mol. The molecule has 1 aliphatic heterocycles. The third-order valence-electron chi connectivity index (χ3n) is 2.65. The number of azide groups is 1. The molecule has 0 bridgehead atoms. The van der Waals surface area contributed by atoms with Crippen molar-refractivity contribution in [2.75, 3.05) is 18.0 Å². The Morgan fingerprint density at radius 2 is 2.56 bits per heavy atom. The van der Waals surface area contributed by atoms with Crippen LogP contribution in [0.5, 0.6) is 0 Å². The van der Waals surface area contributed by atoms with Crippen LogP contribution < -0.4 is 4.90 Å². The fourth-order valence-electron chi connectivity index (χ4n) is 1.87. The summed E-state index contributed by atoms with van der Waals surface area (Å²) in [5, 5.41) is 3.50. The van der Waals surface area contributed by atoms with Crippen LogP contribution in [-0.4, -0.2) is 28.5 Å². The average molecular weight is 220 g/mol. The quantitative estimate of drug-likeness (QED) is 0.433.